The lowest BCUT2D eigenvalue weighted by Gasteiger charge is -2.61. The van der Waals surface area contributed by atoms with Crippen molar-refractivity contribution in [1.82, 2.24) is 0 Å². The Balaban J connectivity index is 2.27. The van der Waals surface area contributed by atoms with Gasteiger partial charge in [0.2, 0.25) is 0 Å². The molecule has 3 N–H and O–H groups in total. The standard InChI is InChI=1S/C20H36O3/c1-15(9-13-21)6-7-17-19(3)11-5-10-18(2,14-22)16(19)8-12-20(17,4)23/h9,16-17,21-23H,5-8,10-14H2,1-4H3/b15-9-/t16?,17-,18?,19+,20-/m0/s1. The molecule has 0 aromatic heterocycles. The summed E-state index contributed by atoms with van der Waals surface area (Å²) in [5.74, 6) is 0.739. The molecule has 2 aliphatic rings. The molecule has 0 saturated heterocycles. The summed E-state index contributed by atoms with van der Waals surface area (Å²) in [5.41, 5.74) is 0.669. The van der Waals surface area contributed by atoms with Gasteiger partial charge in [-0.15, -0.1) is 0 Å². The molecule has 3 heteroatoms. The van der Waals surface area contributed by atoms with Crippen molar-refractivity contribution in [3.8, 4) is 0 Å². The van der Waals surface area contributed by atoms with Gasteiger partial charge in [0.1, 0.15) is 0 Å². The highest BCUT2D eigenvalue weighted by molar-refractivity contribution is 5.09. The van der Waals surface area contributed by atoms with Crippen LogP contribution in [0.15, 0.2) is 11.6 Å². The van der Waals surface area contributed by atoms with Crippen LogP contribution in [0.3, 0.4) is 0 Å². The molecule has 0 bridgehead atoms. The van der Waals surface area contributed by atoms with Crippen molar-refractivity contribution in [3.05, 3.63) is 11.6 Å². The fourth-order valence-electron chi connectivity index (χ4n) is 5.89. The Bertz CT molecular complexity index is 442. The van der Waals surface area contributed by atoms with Crippen molar-refractivity contribution in [2.75, 3.05) is 13.2 Å². The van der Waals surface area contributed by atoms with E-state index in [0.29, 0.717) is 5.92 Å². The number of hydrogen-bond donors (Lipinski definition) is 3. The molecule has 0 aromatic carbocycles. The molecule has 23 heavy (non-hydrogen) atoms. The second-order valence-electron chi connectivity index (χ2n) is 8.94. The summed E-state index contributed by atoms with van der Waals surface area (Å²) < 4.78 is 0. The third-order valence-electron chi connectivity index (χ3n) is 7.21. The lowest BCUT2D eigenvalue weighted by Crippen LogP contribution is -2.58. The fourth-order valence-corrected chi connectivity index (χ4v) is 5.89. The van der Waals surface area contributed by atoms with Crippen LogP contribution < -0.4 is 0 Å². The van der Waals surface area contributed by atoms with Gasteiger partial charge in [0.25, 0.3) is 0 Å². The predicted molar refractivity (Wildman–Crippen MR) is 94.1 cm³/mol. The van der Waals surface area contributed by atoms with Gasteiger partial charge in [0.05, 0.1) is 12.2 Å². The molecule has 2 fully saturated rings. The maximum absolute atomic E-state index is 11.1. The Morgan fingerprint density at radius 2 is 1.83 bits per heavy atom. The molecule has 134 valence electrons. The van der Waals surface area contributed by atoms with Crippen LogP contribution in [-0.4, -0.2) is 34.1 Å². The number of rotatable bonds is 5. The van der Waals surface area contributed by atoms with Gasteiger partial charge in [-0.25, -0.2) is 0 Å². The monoisotopic (exact) mass is 324 g/mol. The molecule has 0 aliphatic heterocycles. The van der Waals surface area contributed by atoms with E-state index in [2.05, 4.69) is 20.8 Å². The van der Waals surface area contributed by atoms with Crippen LogP contribution in [0.5, 0.6) is 0 Å². The number of aliphatic hydroxyl groups excluding tert-OH is 2. The summed E-state index contributed by atoms with van der Waals surface area (Å²) in [5, 5.41) is 30.2. The zero-order valence-corrected chi connectivity index (χ0v) is 15.4. The average molecular weight is 325 g/mol. The summed E-state index contributed by atoms with van der Waals surface area (Å²) >= 11 is 0. The Morgan fingerprint density at radius 1 is 1.13 bits per heavy atom. The second-order valence-corrected chi connectivity index (χ2v) is 8.94. The van der Waals surface area contributed by atoms with E-state index in [1.807, 2.05) is 13.0 Å². The Hall–Kier alpha value is -0.380. The summed E-state index contributed by atoms with van der Waals surface area (Å²) in [6.45, 7) is 9.01. The maximum Gasteiger partial charge on any atom is 0.0653 e. The van der Waals surface area contributed by atoms with Gasteiger partial charge in [-0.2, -0.15) is 0 Å². The quantitative estimate of drug-likeness (QED) is 0.676. The lowest BCUT2D eigenvalue weighted by molar-refractivity contribution is -0.179. The number of hydrogen-bond acceptors (Lipinski definition) is 3. The van der Waals surface area contributed by atoms with Crippen molar-refractivity contribution in [3.63, 3.8) is 0 Å². The highest BCUT2D eigenvalue weighted by Gasteiger charge is 2.58. The Kier molecular flexibility index (Phi) is 5.65. The van der Waals surface area contributed by atoms with Gasteiger partial charge < -0.3 is 15.3 Å². The molecular weight excluding hydrogens is 288 g/mol. The molecule has 0 spiro atoms. The molecular formula is C20H36O3. The van der Waals surface area contributed by atoms with Crippen molar-refractivity contribution >= 4 is 0 Å². The zero-order chi connectivity index (χ0) is 17.3. The smallest absolute Gasteiger partial charge is 0.0653 e. The lowest BCUT2D eigenvalue weighted by atomic mass is 9.45. The van der Waals surface area contributed by atoms with Crippen molar-refractivity contribution in [1.29, 1.82) is 0 Å². The third kappa shape index (κ3) is 3.52. The van der Waals surface area contributed by atoms with Crippen LogP contribution in [0.4, 0.5) is 0 Å². The first-order valence-corrected chi connectivity index (χ1v) is 9.29. The molecule has 0 heterocycles. The summed E-state index contributed by atoms with van der Waals surface area (Å²) in [7, 11) is 0. The largest absolute Gasteiger partial charge is 0.396 e. The van der Waals surface area contributed by atoms with E-state index in [1.165, 1.54) is 5.57 Å². The summed E-state index contributed by atoms with van der Waals surface area (Å²) in [4.78, 5) is 0. The van der Waals surface area contributed by atoms with Crippen LogP contribution in [0.1, 0.15) is 72.6 Å². The van der Waals surface area contributed by atoms with Gasteiger partial charge in [0.15, 0.2) is 0 Å². The molecule has 0 radical (unpaired) electrons. The molecule has 0 amide bonds. The van der Waals surface area contributed by atoms with Crippen molar-refractivity contribution in [2.45, 2.75) is 78.2 Å². The van der Waals surface area contributed by atoms with E-state index >= 15 is 0 Å². The molecule has 0 aromatic rings. The van der Waals surface area contributed by atoms with Crippen LogP contribution in [0.25, 0.3) is 0 Å². The van der Waals surface area contributed by atoms with E-state index in [1.54, 1.807) is 0 Å². The maximum atomic E-state index is 11.1. The topological polar surface area (TPSA) is 60.7 Å². The first-order chi connectivity index (χ1) is 10.7. The molecule has 2 aliphatic carbocycles. The van der Waals surface area contributed by atoms with E-state index < -0.39 is 5.60 Å². The third-order valence-corrected chi connectivity index (χ3v) is 7.21. The number of allylic oxidation sites excluding steroid dienone is 1. The Morgan fingerprint density at radius 3 is 2.43 bits per heavy atom. The van der Waals surface area contributed by atoms with Crippen LogP contribution >= 0.6 is 0 Å². The molecule has 5 atom stereocenters. The number of aliphatic hydroxyl groups is 3. The zero-order valence-electron chi connectivity index (χ0n) is 15.4. The molecule has 2 unspecified atom stereocenters. The van der Waals surface area contributed by atoms with E-state index in [0.717, 1.165) is 44.9 Å². The minimum absolute atomic E-state index is 0.00225. The first kappa shape index (κ1) is 19.0. The minimum Gasteiger partial charge on any atom is -0.396 e. The van der Waals surface area contributed by atoms with E-state index in [-0.39, 0.29) is 30.0 Å². The van der Waals surface area contributed by atoms with Gasteiger partial charge in [-0.1, -0.05) is 31.9 Å². The van der Waals surface area contributed by atoms with Crippen LogP contribution in [0.2, 0.25) is 0 Å². The SMILES string of the molecule is C/C(=C/CO)CC[C@@H]1[C@@](C)(O)CCC2C(C)(CO)CCC[C@]21C. The van der Waals surface area contributed by atoms with Gasteiger partial charge in [-0.05, 0) is 75.0 Å². The second kappa shape index (κ2) is 6.85. The normalized spacial score (nSPS) is 44.9. The summed E-state index contributed by atoms with van der Waals surface area (Å²) in [6, 6.07) is 0. The van der Waals surface area contributed by atoms with Crippen LogP contribution in [-0.2, 0) is 0 Å². The fraction of sp³-hybridized carbons (Fsp3) is 0.900. The molecule has 2 rings (SSSR count). The van der Waals surface area contributed by atoms with E-state index in [9.17, 15) is 10.2 Å². The summed E-state index contributed by atoms with van der Waals surface area (Å²) in [6.07, 6.45) is 9.00. The van der Waals surface area contributed by atoms with Gasteiger partial charge in [-0.3, -0.25) is 0 Å². The molecule has 2 saturated carbocycles. The Labute approximate surface area is 141 Å². The van der Waals surface area contributed by atoms with Crippen LogP contribution in [0, 0.1) is 22.7 Å². The van der Waals surface area contributed by atoms with E-state index in [4.69, 9.17) is 5.11 Å². The molecule has 3 nitrogen and oxygen atoms in total. The number of fused-ring (bicyclic) bond motifs is 1. The highest BCUT2D eigenvalue weighted by atomic mass is 16.3. The average Bonchev–Trinajstić information content (AvgIpc) is 2.46. The van der Waals surface area contributed by atoms with Gasteiger partial charge >= 0.3 is 0 Å². The highest BCUT2D eigenvalue weighted by Crippen LogP contribution is 2.62. The minimum atomic E-state index is -0.627. The first-order valence-electron chi connectivity index (χ1n) is 9.29. The van der Waals surface area contributed by atoms with Crippen molar-refractivity contribution < 1.29 is 15.3 Å². The van der Waals surface area contributed by atoms with Gasteiger partial charge in [0, 0.05) is 6.61 Å². The van der Waals surface area contributed by atoms with Crippen molar-refractivity contribution in [2.24, 2.45) is 22.7 Å². The predicted octanol–water partition coefficient (Wildman–Crippen LogP) is 3.67.